The monoisotopic (exact) mass is 328 g/mol. The molecule has 1 aromatic carbocycles. The standard InChI is InChI=1S/C12H13IN2O/c1-2-5-9(8-14)15-12(16)10-6-3-4-7-11(10)13/h3-4,6-7,9H,2,5H2,1H3,(H,15,16). The summed E-state index contributed by atoms with van der Waals surface area (Å²) in [5, 5.41) is 11.6. The van der Waals surface area contributed by atoms with Gasteiger partial charge in [0.2, 0.25) is 0 Å². The van der Waals surface area contributed by atoms with Gasteiger partial charge >= 0.3 is 0 Å². The maximum absolute atomic E-state index is 11.8. The summed E-state index contributed by atoms with van der Waals surface area (Å²) in [7, 11) is 0. The van der Waals surface area contributed by atoms with Crippen molar-refractivity contribution in [2.75, 3.05) is 0 Å². The van der Waals surface area contributed by atoms with E-state index in [1.165, 1.54) is 0 Å². The van der Waals surface area contributed by atoms with Gasteiger partial charge in [-0.3, -0.25) is 4.79 Å². The second-order valence-corrected chi connectivity index (χ2v) is 4.59. The average Bonchev–Trinajstić information content (AvgIpc) is 2.28. The van der Waals surface area contributed by atoms with E-state index in [2.05, 4.69) is 34.0 Å². The Morgan fingerprint density at radius 1 is 1.56 bits per heavy atom. The fraction of sp³-hybridized carbons (Fsp3) is 0.333. The van der Waals surface area contributed by atoms with Crippen molar-refractivity contribution >= 4 is 28.5 Å². The third kappa shape index (κ3) is 3.49. The molecule has 84 valence electrons. The Kier molecular flexibility index (Phi) is 5.26. The van der Waals surface area contributed by atoms with Crippen molar-refractivity contribution in [3.05, 3.63) is 33.4 Å². The lowest BCUT2D eigenvalue weighted by molar-refractivity contribution is 0.0943. The SMILES string of the molecule is CCCC(C#N)NC(=O)c1ccccc1I. The van der Waals surface area contributed by atoms with Crippen molar-refractivity contribution in [2.45, 2.75) is 25.8 Å². The van der Waals surface area contributed by atoms with Gasteiger partial charge < -0.3 is 5.32 Å². The lowest BCUT2D eigenvalue weighted by Gasteiger charge is -2.11. The van der Waals surface area contributed by atoms with Crippen molar-refractivity contribution < 1.29 is 4.79 Å². The first kappa shape index (κ1) is 13.0. The highest BCUT2D eigenvalue weighted by molar-refractivity contribution is 14.1. The minimum absolute atomic E-state index is 0.176. The molecule has 1 rings (SSSR count). The number of nitriles is 1. The van der Waals surface area contributed by atoms with Crippen LogP contribution < -0.4 is 5.32 Å². The molecule has 0 aliphatic carbocycles. The molecule has 0 bridgehead atoms. The Morgan fingerprint density at radius 2 is 2.25 bits per heavy atom. The summed E-state index contributed by atoms with van der Waals surface area (Å²) in [6, 6.07) is 9.03. The summed E-state index contributed by atoms with van der Waals surface area (Å²) in [6.45, 7) is 1.99. The van der Waals surface area contributed by atoms with E-state index >= 15 is 0 Å². The van der Waals surface area contributed by atoms with E-state index in [-0.39, 0.29) is 5.91 Å². The second-order valence-electron chi connectivity index (χ2n) is 3.42. The molecule has 1 N–H and O–H groups in total. The quantitative estimate of drug-likeness (QED) is 0.864. The summed E-state index contributed by atoms with van der Waals surface area (Å²) in [5.41, 5.74) is 0.624. The number of carbonyl (C=O) groups excluding carboxylic acids is 1. The van der Waals surface area contributed by atoms with E-state index < -0.39 is 6.04 Å². The van der Waals surface area contributed by atoms with E-state index in [4.69, 9.17) is 5.26 Å². The zero-order valence-electron chi connectivity index (χ0n) is 9.03. The summed E-state index contributed by atoms with van der Waals surface area (Å²) in [6.07, 6.45) is 1.57. The van der Waals surface area contributed by atoms with E-state index in [9.17, 15) is 4.79 Å². The highest BCUT2D eigenvalue weighted by Crippen LogP contribution is 2.11. The number of hydrogen-bond donors (Lipinski definition) is 1. The zero-order chi connectivity index (χ0) is 12.0. The molecule has 0 spiro atoms. The van der Waals surface area contributed by atoms with Crippen LogP contribution in [0, 0.1) is 14.9 Å². The van der Waals surface area contributed by atoms with Gasteiger partial charge in [-0.2, -0.15) is 5.26 Å². The predicted octanol–water partition coefficient (Wildman–Crippen LogP) is 2.71. The van der Waals surface area contributed by atoms with E-state index in [1.54, 1.807) is 6.07 Å². The predicted molar refractivity (Wildman–Crippen MR) is 70.9 cm³/mol. The first-order valence-electron chi connectivity index (χ1n) is 5.14. The number of nitrogens with zero attached hydrogens (tertiary/aromatic N) is 1. The number of amides is 1. The van der Waals surface area contributed by atoms with Crippen LogP contribution >= 0.6 is 22.6 Å². The lowest BCUT2D eigenvalue weighted by atomic mass is 10.1. The molecule has 0 saturated heterocycles. The lowest BCUT2D eigenvalue weighted by Crippen LogP contribution is -2.34. The van der Waals surface area contributed by atoms with E-state index in [1.807, 2.05) is 25.1 Å². The molecule has 16 heavy (non-hydrogen) atoms. The molecular formula is C12H13IN2O. The summed E-state index contributed by atoms with van der Waals surface area (Å²) < 4.78 is 0.894. The Hall–Kier alpha value is -1.09. The number of benzene rings is 1. The van der Waals surface area contributed by atoms with Crippen LogP contribution in [0.3, 0.4) is 0 Å². The smallest absolute Gasteiger partial charge is 0.253 e. The minimum Gasteiger partial charge on any atom is -0.336 e. The Morgan fingerprint density at radius 3 is 2.81 bits per heavy atom. The van der Waals surface area contributed by atoms with Gasteiger partial charge in [0, 0.05) is 3.57 Å². The van der Waals surface area contributed by atoms with Crippen LogP contribution in [-0.2, 0) is 0 Å². The highest BCUT2D eigenvalue weighted by atomic mass is 127. The van der Waals surface area contributed by atoms with Crippen molar-refractivity contribution in [1.82, 2.24) is 5.32 Å². The fourth-order valence-electron chi connectivity index (χ4n) is 1.34. The van der Waals surface area contributed by atoms with Crippen LogP contribution in [-0.4, -0.2) is 11.9 Å². The van der Waals surface area contributed by atoms with E-state index in [0.29, 0.717) is 12.0 Å². The van der Waals surface area contributed by atoms with Crippen LogP contribution in [0.4, 0.5) is 0 Å². The van der Waals surface area contributed by atoms with Gasteiger partial charge in [0.1, 0.15) is 6.04 Å². The molecule has 1 aromatic rings. The minimum atomic E-state index is -0.395. The van der Waals surface area contributed by atoms with Crippen molar-refractivity contribution in [3.8, 4) is 6.07 Å². The van der Waals surface area contributed by atoms with Crippen molar-refractivity contribution in [2.24, 2.45) is 0 Å². The Bertz CT molecular complexity index is 412. The first-order valence-corrected chi connectivity index (χ1v) is 6.22. The van der Waals surface area contributed by atoms with Gasteiger partial charge in [-0.15, -0.1) is 0 Å². The van der Waals surface area contributed by atoms with Gasteiger partial charge in [-0.25, -0.2) is 0 Å². The van der Waals surface area contributed by atoms with Crippen LogP contribution in [0.25, 0.3) is 0 Å². The molecule has 0 aliphatic heterocycles. The largest absolute Gasteiger partial charge is 0.336 e. The molecule has 0 aliphatic rings. The fourth-order valence-corrected chi connectivity index (χ4v) is 1.97. The Labute approximate surface area is 109 Å². The number of hydrogen-bond acceptors (Lipinski definition) is 2. The molecule has 3 nitrogen and oxygen atoms in total. The Balaban J connectivity index is 2.73. The second kappa shape index (κ2) is 6.48. The molecule has 0 heterocycles. The summed E-state index contributed by atoms with van der Waals surface area (Å²) in [5.74, 6) is -0.176. The molecule has 0 aromatic heterocycles. The molecular weight excluding hydrogens is 315 g/mol. The molecule has 1 amide bonds. The third-order valence-electron chi connectivity index (χ3n) is 2.16. The van der Waals surface area contributed by atoms with Gasteiger partial charge in [0.05, 0.1) is 11.6 Å². The molecule has 0 radical (unpaired) electrons. The number of rotatable bonds is 4. The maximum Gasteiger partial charge on any atom is 0.253 e. The average molecular weight is 328 g/mol. The summed E-state index contributed by atoms with van der Waals surface area (Å²) in [4.78, 5) is 11.8. The van der Waals surface area contributed by atoms with E-state index in [0.717, 1.165) is 9.99 Å². The molecule has 1 atom stereocenters. The topological polar surface area (TPSA) is 52.9 Å². The number of halogens is 1. The maximum atomic E-state index is 11.8. The number of nitrogens with one attached hydrogen (secondary N) is 1. The molecule has 0 fully saturated rings. The molecule has 1 unspecified atom stereocenters. The normalized spacial score (nSPS) is 11.6. The summed E-state index contributed by atoms with van der Waals surface area (Å²) >= 11 is 2.11. The zero-order valence-corrected chi connectivity index (χ0v) is 11.2. The van der Waals surface area contributed by atoms with Crippen LogP contribution in [0.5, 0.6) is 0 Å². The molecule has 4 heteroatoms. The van der Waals surface area contributed by atoms with Gasteiger partial charge in [-0.1, -0.05) is 25.5 Å². The molecule has 0 saturated carbocycles. The highest BCUT2D eigenvalue weighted by Gasteiger charge is 2.13. The van der Waals surface area contributed by atoms with Crippen LogP contribution in [0.1, 0.15) is 30.1 Å². The van der Waals surface area contributed by atoms with Crippen molar-refractivity contribution in [3.63, 3.8) is 0 Å². The third-order valence-corrected chi connectivity index (χ3v) is 3.10. The van der Waals surface area contributed by atoms with Gasteiger partial charge in [0.25, 0.3) is 5.91 Å². The van der Waals surface area contributed by atoms with Crippen molar-refractivity contribution in [1.29, 1.82) is 5.26 Å². The number of carbonyl (C=O) groups is 1. The van der Waals surface area contributed by atoms with Crippen LogP contribution in [0.2, 0.25) is 0 Å². The first-order chi connectivity index (χ1) is 7.69. The van der Waals surface area contributed by atoms with Crippen LogP contribution in [0.15, 0.2) is 24.3 Å². The van der Waals surface area contributed by atoms with Gasteiger partial charge in [0.15, 0.2) is 0 Å². The van der Waals surface area contributed by atoms with Gasteiger partial charge in [-0.05, 0) is 41.1 Å².